The van der Waals surface area contributed by atoms with Crippen LogP contribution in [0.15, 0.2) is 28.6 Å². The van der Waals surface area contributed by atoms with Gasteiger partial charge in [-0.05, 0) is 37.6 Å². The molecule has 2 aromatic rings. The number of rotatable bonds is 6. The number of esters is 1. The second-order valence-electron chi connectivity index (χ2n) is 5.83. The predicted octanol–water partition coefficient (Wildman–Crippen LogP) is 1.56. The molecule has 0 atom stereocenters. The first-order chi connectivity index (χ1) is 14.2. The third kappa shape index (κ3) is 3.95. The number of carbonyl (C=O) groups excluding carboxylic acids is 1. The Morgan fingerprint density at radius 2 is 1.63 bits per heavy atom. The lowest BCUT2D eigenvalue weighted by atomic mass is 10.0. The average molecular weight is 410 g/mol. The van der Waals surface area contributed by atoms with Crippen LogP contribution in [0.5, 0.6) is 0 Å². The monoisotopic (exact) mass is 410 g/mol. The molecule has 0 amide bonds. The van der Waals surface area contributed by atoms with Crippen LogP contribution in [0.3, 0.4) is 0 Å². The summed E-state index contributed by atoms with van der Waals surface area (Å²) in [4.78, 5) is 48.0. The van der Waals surface area contributed by atoms with Crippen LogP contribution in [-0.2, 0) is 4.74 Å². The Morgan fingerprint density at radius 1 is 1.10 bits per heavy atom. The molecule has 11 nitrogen and oxygen atoms in total. The first kappa shape index (κ1) is 21.7. The third-order valence-corrected chi connectivity index (χ3v) is 4.01. The quantitative estimate of drug-likeness (QED) is 0.469. The minimum atomic E-state index is -1.43. The number of benzene rings is 1. The number of H-pyrrole nitrogens is 1. The highest BCUT2D eigenvalue weighted by atomic mass is 16.5. The van der Waals surface area contributed by atoms with E-state index in [1.807, 2.05) is 0 Å². The Morgan fingerprint density at radius 3 is 2.07 bits per heavy atom. The highest BCUT2D eigenvalue weighted by Gasteiger charge is 2.25. The zero-order valence-corrected chi connectivity index (χ0v) is 15.7. The summed E-state index contributed by atoms with van der Waals surface area (Å²) in [6.45, 7) is 2.78. The van der Waals surface area contributed by atoms with Gasteiger partial charge in [0.25, 0.3) is 5.56 Å². The molecule has 0 aliphatic heterocycles. The first-order valence-electron chi connectivity index (χ1n) is 8.31. The minimum absolute atomic E-state index is 0.0325. The number of nitrogens with zero attached hydrogens (tertiary/aromatic N) is 3. The molecule has 3 N–H and O–H groups in total. The van der Waals surface area contributed by atoms with Gasteiger partial charge in [0.1, 0.15) is 17.7 Å². The molecule has 152 valence electrons. The number of nitrogens with one attached hydrogen (secondary N) is 1. The van der Waals surface area contributed by atoms with Gasteiger partial charge in [-0.15, -0.1) is 0 Å². The predicted molar refractivity (Wildman–Crippen MR) is 100 cm³/mol. The van der Waals surface area contributed by atoms with Crippen LogP contribution in [0.2, 0.25) is 0 Å². The lowest BCUT2D eigenvalue weighted by Gasteiger charge is -2.06. The lowest BCUT2D eigenvalue weighted by molar-refractivity contribution is 0.0517. The molecule has 0 aliphatic carbocycles. The van der Waals surface area contributed by atoms with Crippen LogP contribution in [-0.4, -0.2) is 44.5 Å². The van der Waals surface area contributed by atoms with Gasteiger partial charge >= 0.3 is 17.9 Å². The molecule has 0 radical (unpaired) electrons. The second kappa shape index (κ2) is 8.58. The van der Waals surface area contributed by atoms with E-state index in [0.29, 0.717) is 0 Å². The van der Waals surface area contributed by atoms with Crippen molar-refractivity contribution >= 4 is 23.5 Å². The topological polar surface area (TPSA) is 186 Å². The summed E-state index contributed by atoms with van der Waals surface area (Å²) in [5.74, 6) is -3.82. The molecule has 1 aromatic carbocycles. The van der Waals surface area contributed by atoms with Crippen molar-refractivity contribution in [2.24, 2.45) is 0 Å². The van der Waals surface area contributed by atoms with Crippen molar-refractivity contribution in [3.05, 3.63) is 56.5 Å². The maximum Gasteiger partial charge on any atom is 0.357 e. The number of aromatic carboxylic acids is 2. The molecular formula is C19H14N4O7. The van der Waals surface area contributed by atoms with Crippen molar-refractivity contribution < 1.29 is 29.3 Å². The van der Waals surface area contributed by atoms with Gasteiger partial charge in [-0.2, -0.15) is 10.5 Å². The molecule has 11 heteroatoms. The van der Waals surface area contributed by atoms with E-state index in [0.717, 1.165) is 22.9 Å². The third-order valence-electron chi connectivity index (χ3n) is 4.01. The molecule has 2 rings (SSSR count). The normalized spacial score (nSPS) is 9.87. The Balaban J connectivity index is 2.91. The number of carboxylic acids is 2. The van der Waals surface area contributed by atoms with Gasteiger partial charge in [-0.25, -0.2) is 19.1 Å². The summed E-state index contributed by atoms with van der Waals surface area (Å²) in [7, 11) is 0. The maximum atomic E-state index is 13.0. The Labute approximate surface area is 168 Å². The average Bonchev–Trinajstić information content (AvgIpc) is 3.05. The van der Waals surface area contributed by atoms with Crippen LogP contribution < -0.4 is 5.56 Å². The van der Waals surface area contributed by atoms with E-state index in [9.17, 15) is 29.4 Å². The van der Waals surface area contributed by atoms with E-state index >= 15 is 0 Å². The van der Waals surface area contributed by atoms with Crippen molar-refractivity contribution in [3.8, 4) is 17.8 Å². The van der Waals surface area contributed by atoms with Crippen molar-refractivity contribution in [1.29, 1.82) is 10.5 Å². The van der Waals surface area contributed by atoms with Crippen LogP contribution in [0.1, 0.15) is 50.6 Å². The number of ether oxygens (including phenoxy) is 1. The zero-order valence-electron chi connectivity index (χ0n) is 15.7. The number of aromatic amines is 1. The van der Waals surface area contributed by atoms with Gasteiger partial charge in [-0.3, -0.25) is 9.89 Å². The van der Waals surface area contributed by atoms with Gasteiger partial charge in [-0.1, -0.05) is 0 Å². The minimum Gasteiger partial charge on any atom is -0.478 e. The second-order valence-corrected chi connectivity index (χ2v) is 5.83. The summed E-state index contributed by atoms with van der Waals surface area (Å²) in [5.41, 5.74) is -3.13. The fourth-order valence-electron chi connectivity index (χ4n) is 2.62. The van der Waals surface area contributed by atoms with Crippen LogP contribution in [0, 0.1) is 22.7 Å². The van der Waals surface area contributed by atoms with Crippen molar-refractivity contribution in [1.82, 2.24) is 9.78 Å². The van der Waals surface area contributed by atoms with Gasteiger partial charge < -0.3 is 14.9 Å². The van der Waals surface area contributed by atoms with E-state index in [1.165, 1.54) is 13.8 Å². The Bertz CT molecular complexity index is 1190. The number of hydrogen-bond acceptors (Lipinski definition) is 7. The number of hydrogen-bond donors (Lipinski definition) is 3. The van der Waals surface area contributed by atoms with E-state index in [4.69, 9.17) is 15.3 Å². The highest BCUT2D eigenvalue weighted by Crippen LogP contribution is 2.21. The van der Waals surface area contributed by atoms with E-state index in [1.54, 1.807) is 12.1 Å². The molecular weight excluding hydrogens is 396 g/mol. The Hall–Kier alpha value is -4.64. The summed E-state index contributed by atoms with van der Waals surface area (Å²) < 4.78 is 5.64. The SMILES string of the molecule is CCOC(=O)c1[nH]n(-c2cc(C(=O)O)cc(C(=O)O)c2)c(=O)c1C(C)=C(C#N)C#N. The van der Waals surface area contributed by atoms with Crippen LogP contribution in [0.4, 0.5) is 0 Å². The van der Waals surface area contributed by atoms with Crippen LogP contribution >= 0.6 is 0 Å². The largest absolute Gasteiger partial charge is 0.478 e. The number of carbonyl (C=O) groups is 3. The number of carboxylic acid groups (broad SMARTS) is 2. The Kier molecular flexibility index (Phi) is 6.19. The van der Waals surface area contributed by atoms with Crippen LogP contribution in [0.25, 0.3) is 11.3 Å². The molecule has 1 heterocycles. The van der Waals surface area contributed by atoms with E-state index < -0.39 is 40.2 Å². The van der Waals surface area contributed by atoms with E-state index in [2.05, 4.69) is 5.10 Å². The van der Waals surface area contributed by atoms with Gasteiger partial charge in [0.2, 0.25) is 0 Å². The standard InChI is InChI=1S/C19H14N4O7/c1-3-30-19(29)15-14(9(2)12(7-20)8-21)16(24)23(22-15)13-5-10(17(25)26)4-11(6-13)18(27)28/h4-6,22H,3H2,1-2H3,(H,25,26)(H,27,28). The molecule has 0 fully saturated rings. The molecule has 0 spiro atoms. The molecule has 30 heavy (non-hydrogen) atoms. The summed E-state index contributed by atoms with van der Waals surface area (Å²) in [5, 5.41) is 39.1. The fraction of sp³-hybridized carbons (Fsp3) is 0.158. The van der Waals surface area contributed by atoms with Gasteiger partial charge in [0, 0.05) is 0 Å². The lowest BCUT2D eigenvalue weighted by Crippen LogP contribution is -2.18. The molecule has 0 unspecified atom stereocenters. The summed E-state index contributed by atoms with van der Waals surface area (Å²) in [6.07, 6.45) is 0. The van der Waals surface area contributed by atoms with Gasteiger partial charge in [0.15, 0.2) is 5.69 Å². The fourth-order valence-corrected chi connectivity index (χ4v) is 2.62. The number of aromatic nitrogens is 2. The molecule has 0 aliphatic rings. The smallest absolute Gasteiger partial charge is 0.357 e. The number of nitriles is 2. The summed E-state index contributed by atoms with van der Waals surface area (Å²) >= 11 is 0. The molecule has 1 aromatic heterocycles. The molecule has 0 saturated heterocycles. The summed E-state index contributed by atoms with van der Waals surface area (Å²) in [6, 6.07) is 6.20. The first-order valence-corrected chi connectivity index (χ1v) is 8.31. The van der Waals surface area contributed by atoms with Crippen molar-refractivity contribution in [2.75, 3.05) is 6.61 Å². The molecule has 0 bridgehead atoms. The van der Waals surface area contributed by atoms with Crippen molar-refractivity contribution in [2.45, 2.75) is 13.8 Å². The molecule has 0 saturated carbocycles. The van der Waals surface area contributed by atoms with Gasteiger partial charge in [0.05, 0.1) is 29.0 Å². The number of allylic oxidation sites excluding steroid dienone is 2. The maximum absolute atomic E-state index is 13.0. The van der Waals surface area contributed by atoms with Crippen molar-refractivity contribution in [3.63, 3.8) is 0 Å². The zero-order chi connectivity index (χ0) is 22.6. The highest BCUT2D eigenvalue weighted by molar-refractivity contribution is 5.96. The van der Waals surface area contributed by atoms with E-state index in [-0.39, 0.29) is 29.1 Å².